The Morgan fingerprint density at radius 1 is 1.18 bits per heavy atom. The molecule has 0 saturated carbocycles. The van der Waals surface area contributed by atoms with Gasteiger partial charge in [0.05, 0.1) is 46.5 Å². The van der Waals surface area contributed by atoms with Crippen LogP contribution in [0.4, 0.5) is 14.6 Å². The van der Waals surface area contributed by atoms with Crippen molar-refractivity contribution in [1.82, 2.24) is 29.7 Å². The number of amides is 1. The van der Waals surface area contributed by atoms with Crippen LogP contribution in [0.25, 0.3) is 0 Å². The molecule has 2 bridgehead atoms. The van der Waals surface area contributed by atoms with Gasteiger partial charge in [-0.05, 0) is 74.1 Å². The highest BCUT2D eigenvalue weighted by atomic mass is 19.1. The zero-order chi connectivity index (χ0) is 38.6. The number of carbonyl (C=O) groups excluding carboxylic acids is 1. The van der Waals surface area contributed by atoms with Crippen molar-refractivity contribution in [2.24, 2.45) is 5.92 Å². The van der Waals surface area contributed by atoms with Gasteiger partial charge in [0, 0.05) is 76.1 Å². The van der Waals surface area contributed by atoms with Crippen molar-refractivity contribution in [2.75, 3.05) is 37.7 Å². The third-order valence-corrected chi connectivity index (χ3v) is 12.4. The molecule has 0 spiro atoms. The monoisotopic (exact) mass is 748 g/mol. The van der Waals surface area contributed by atoms with E-state index in [0.29, 0.717) is 64.2 Å². The van der Waals surface area contributed by atoms with E-state index in [9.17, 15) is 15.2 Å². The van der Waals surface area contributed by atoms with Gasteiger partial charge >= 0.3 is 6.01 Å². The summed E-state index contributed by atoms with van der Waals surface area (Å²) in [5.74, 6) is 2.31. The fourth-order valence-corrected chi connectivity index (χ4v) is 9.82. The summed E-state index contributed by atoms with van der Waals surface area (Å²) in [6.07, 6.45) is 11.8. The number of anilines is 1. The fourth-order valence-electron chi connectivity index (χ4n) is 9.82. The van der Waals surface area contributed by atoms with Gasteiger partial charge in [0.15, 0.2) is 0 Å². The summed E-state index contributed by atoms with van der Waals surface area (Å²) in [6.45, 7) is 10.3. The summed E-state index contributed by atoms with van der Waals surface area (Å²) < 4.78 is 36.7. The third kappa shape index (κ3) is 6.83. The number of fused-ring (bicyclic) bond motifs is 4. The lowest BCUT2D eigenvalue weighted by atomic mass is 9.75. The minimum Gasteiger partial charge on any atom is -0.461 e. The molecule has 0 radical (unpaired) electrons. The molecule has 3 aromatic rings. The van der Waals surface area contributed by atoms with E-state index in [1.807, 2.05) is 19.1 Å². The van der Waals surface area contributed by atoms with E-state index < -0.39 is 23.1 Å². The lowest BCUT2D eigenvalue weighted by Crippen LogP contribution is -2.57. The highest BCUT2D eigenvalue weighted by Crippen LogP contribution is 2.45. The van der Waals surface area contributed by atoms with E-state index in [-0.39, 0.29) is 61.1 Å². The summed E-state index contributed by atoms with van der Waals surface area (Å²) in [5.41, 5.74) is 2.81. The molecule has 13 heteroatoms. The van der Waals surface area contributed by atoms with Crippen LogP contribution in [0.3, 0.4) is 0 Å². The average Bonchev–Trinajstić information content (AvgIpc) is 3.58. The van der Waals surface area contributed by atoms with Gasteiger partial charge in [0.25, 0.3) is 0 Å². The largest absolute Gasteiger partial charge is 0.461 e. The Kier molecular flexibility index (Phi) is 9.61. The number of nitrogens with zero attached hydrogens (tertiary/aromatic N) is 8. The quantitative estimate of drug-likeness (QED) is 0.264. The Morgan fingerprint density at radius 3 is 2.73 bits per heavy atom. The minimum absolute atomic E-state index is 0.146. The number of carbonyl (C=O) groups is 1. The molecule has 2 aromatic heterocycles. The fraction of sp³-hybridized carbons (Fsp3) is 0.500. The van der Waals surface area contributed by atoms with Gasteiger partial charge in [-0.3, -0.25) is 19.6 Å². The van der Waals surface area contributed by atoms with Crippen LogP contribution in [0, 0.1) is 35.4 Å². The molecule has 6 heterocycles. The highest BCUT2D eigenvalue weighted by Gasteiger charge is 2.49. The van der Waals surface area contributed by atoms with Crippen molar-refractivity contribution in [3.63, 3.8) is 0 Å². The predicted octanol–water partition coefficient (Wildman–Crippen LogP) is 4.29. The second-order valence-corrected chi connectivity index (χ2v) is 16.4. The Balaban J connectivity index is 1.14. The number of aliphatic hydroxyl groups is 1. The van der Waals surface area contributed by atoms with Crippen molar-refractivity contribution in [3.8, 4) is 24.4 Å². The lowest BCUT2D eigenvalue weighted by Gasteiger charge is -2.45. The molecule has 8 rings (SSSR count). The molecular weight excluding hydrogens is 703 g/mol. The molecule has 1 aliphatic carbocycles. The number of nitriles is 1. The minimum atomic E-state index is -1.03. The molecule has 1 N–H and O–H groups in total. The number of ether oxygens (including phenoxy) is 1. The smallest absolute Gasteiger partial charge is 0.318 e. The second kappa shape index (κ2) is 14.3. The number of terminal acetylenes is 1. The lowest BCUT2D eigenvalue weighted by molar-refractivity contribution is -0.129. The van der Waals surface area contributed by atoms with E-state index in [1.165, 1.54) is 12.1 Å². The molecule has 1 aromatic carbocycles. The van der Waals surface area contributed by atoms with Crippen LogP contribution in [-0.2, 0) is 30.7 Å². The Hall–Kier alpha value is -4.95. The molecule has 4 aliphatic heterocycles. The second-order valence-electron chi connectivity index (χ2n) is 16.4. The maximum absolute atomic E-state index is 15.2. The van der Waals surface area contributed by atoms with Gasteiger partial charge in [0.1, 0.15) is 24.4 Å². The predicted molar refractivity (Wildman–Crippen MR) is 201 cm³/mol. The number of rotatable bonds is 8. The van der Waals surface area contributed by atoms with E-state index in [0.717, 1.165) is 27.9 Å². The average molecular weight is 749 g/mol. The highest BCUT2D eigenvalue weighted by molar-refractivity contribution is 5.88. The third-order valence-electron chi connectivity index (χ3n) is 12.4. The van der Waals surface area contributed by atoms with E-state index in [4.69, 9.17) is 21.1 Å². The SMILES string of the molecule is C#Cc1c(F)ccc2c1[C@H](N1CCc3c(nc(OC[C@]4(C)C[C@@H](F)CN4Cc4ccncc4)nc3N3C[C@H]4CC(C#N)[C@@H](C3)N4C(=O)C=C)C1)C[C@](C)(O)C2. The number of piperazine rings is 1. The summed E-state index contributed by atoms with van der Waals surface area (Å²) in [6, 6.07) is 8.64. The number of halogens is 2. The summed E-state index contributed by atoms with van der Waals surface area (Å²) >= 11 is 0. The Bertz CT molecular complexity index is 2080. The van der Waals surface area contributed by atoms with E-state index in [2.05, 4.69) is 38.3 Å². The maximum atomic E-state index is 15.2. The van der Waals surface area contributed by atoms with Crippen LogP contribution in [-0.4, -0.2) is 103 Å². The number of alkyl halides is 1. The first-order chi connectivity index (χ1) is 26.4. The van der Waals surface area contributed by atoms with Crippen LogP contribution in [0.15, 0.2) is 49.3 Å². The molecule has 3 saturated heterocycles. The van der Waals surface area contributed by atoms with Gasteiger partial charge < -0.3 is 19.6 Å². The summed E-state index contributed by atoms with van der Waals surface area (Å²) in [5, 5.41) is 21.5. The Labute approximate surface area is 320 Å². The van der Waals surface area contributed by atoms with E-state index >= 15 is 8.78 Å². The molecule has 7 atom stereocenters. The van der Waals surface area contributed by atoms with Crippen LogP contribution in [0.1, 0.15) is 72.7 Å². The van der Waals surface area contributed by atoms with Gasteiger partial charge in [-0.25, -0.2) is 8.78 Å². The van der Waals surface area contributed by atoms with Gasteiger partial charge in [-0.1, -0.05) is 18.6 Å². The molecule has 11 nitrogen and oxygen atoms in total. The number of aromatic nitrogens is 3. The summed E-state index contributed by atoms with van der Waals surface area (Å²) in [4.78, 5) is 35.3. The number of likely N-dealkylation sites (tertiary alicyclic amines) is 1. The number of benzene rings is 1. The molecular formula is C42H46F2N8O3. The number of hydrogen-bond donors (Lipinski definition) is 1. The van der Waals surface area contributed by atoms with Gasteiger partial charge in [0.2, 0.25) is 5.91 Å². The van der Waals surface area contributed by atoms with Crippen molar-refractivity contribution in [3.05, 3.63) is 88.6 Å². The Morgan fingerprint density at radius 2 is 1.98 bits per heavy atom. The molecule has 1 unspecified atom stereocenters. The zero-order valence-electron chi connectivity index (χ0n) is 31.3. The van der Waals surface area contributed by atoms with Crippen LogP contribution in [0.5, 0.6) is 6.01 Å². The molecule has 55 heavy (non-hydrogen) atoms. The van der Waals surface area contributed by atoms with Crippen molar-refractivity contribution in [1.29, 1.82) is 5.26 Å². The van der Waals surface area contributed by atoms with Crippen molar-refractivity contribution < 1.29 is 23.4 Å². The van der Waals surface area contributed by atoms with Crippen molar-refractivity contribution >= 4 is 11.7 Å². The first kappa shape index (κ1) is 37.0. The molecule has 5 aliphatic rings. The van der Waals surface area contributed by atoms with Crippen LogP contribution >= 0.6 is 0 Å². The molecule has 3 fully saturated rings. The molecule has 1 amide bonds. The number of hydrogen-bond acceptors (Lipinski definition) is 10. The first-order valence-corrected chi connectivity index (χ1v) is 19.0. The first-order valence-electron chi connectivity index (χ1n) is 19.0. The van der Waals surface area contributed by atoms with E-state index in [1.54, 1.807) is 30.3 Å². The number of pyridine rings is 1. The van der Waals surface area contributed by atoms with Crippen LogP contribution < -0.4 is 9.64 Å². The zero-order valence-corrected chi connectivity index (χ0v) is 31.3. The standard InChI is InChI=1S/C42H46F2N8O3/c1-5-31-33(44)8-7-27-16-42(4,54)18-35(38(27)31)49-14-11-32-34(23-49)47-40(55-25-41(3)17-29(43)21-51(41)20-26-9-12-46-13-10-26)48-39(32)50-22-30-15-28(19-45)36(24-50)52(30)37(53)6-2/h1,6-10,12-13,28-30,35-36,54H,2,11,14-18,20-25H2,3-4H3/t28?,29-,30-,35-,36-,41+,42-/m1/s1. The normalized spacial score (nSPS) is 30.3. The van der Waals surface area contributed by atoms with Gasteiger partial charge in [-0.2, -0.15) is 15.2 Å². The molecule has 286 valence electrons. The summed E-state index contributed by atoms with van der Waals surface area (Å²) in [7, 11) is 0. The van der Waals surface area contributed by atoms with Gasteiger partial charge in [-0.15, -0.1) is 6.42 Å². The topological polar surface area (TPSA) is 122 Å². The maximum Gasteiger partial charge on any atom is 0.318 e. The van der Waals surface area contributed by atoms with Crippen LogP contribution in [0.2, 0.25) is 0 Å². The van der Waals surface area contributed by atoms with Crippen molar-refractivity contribution in [2.45, 2.75) is 94.5 Å².